The maximum Gasteiger partial charge on any atom is 0.472 e. The molecule has 0 bridgehead atoms. The van der Waals surface area contributed by atoms with Crippen LogP contribution in [0.3, 0.4) is 0 Å². The van der Waals surface area contributed by atoms with E-state index >= 15 is 0 Å². The SMILES string of the molecule is CCCC/C=C\CCCCCCCC(=O)OC[C@H](COP(=O)(O)OC[C@H](N)C(=O)O)OC(=O)CCCCCCC/C=C\CC1OC1CCCCC. The zero-order chi connectivity index (χ0) is 37.6. The maximum atomic E-state index is 12.6. The van der Waals surface area contributed by atoms with Crippen molar-refractivity contribution in [2.24, 2.45) is 5.73 Å². The van der Waals surface area contributed by atoms with Gasteiger partial charge in [-0.25, -0.2) is 4.57 Å². The Balaban J connectivity index is 2.33. The molecule has 13 heteroatoms. The highest BCUT2D eigenvalue weighted by Gasteiger charge is 2.36. The minimum absolute atomic E-state index is 0.139. The van der Waals surface area contributed by atoms with Gasteiger partial charge in [0.25, 0.3) is 0 Å². The highest BCUT2D eigenvalue weighted by molar-refractivity contribution is 7.47. The van der Waals surface area contributed by atoms with Crippen molar-refractivity contribution >= 4 is 25.7 Å². The van der Waals surface area contributed by atoms with Crippen LogP contribution in [-0.2, 0) is 42.2 Å². The highest BCUT2D eigenvalue weighted by atomic mass is 31.2. The Bertz CT molecular complexity index is 1040. The number of epoxide rings is 1. The van der Waals surface area contributed by atoms with Gasteiger partial charge in [-0.05, 0) is 57.8 Å². The fourth-order valence-corrected chi connectivity index (χ4v) is 6.12. The van der Waals surface area contributed by atoms with Crippen molar-refractivity contribution in [1.82, 2.24) is 0 Å². The molecule has 12 nitrogen and oxygen atoms in total. The molecule has 3 unspecified atom stereocenters. The normalized spacial score (nSPS) is 18.1. The van der Waals surface area contributed by atoms with E-state index in [2.05, 4.69) is 42.7 Å². The number of allylic oxidation sites excluding steroid dienone is 3. The average molecular weight is 746 g/mol. The van der Waals surface area contributed by atoms with Gasteiger partial charge in [0, 0.05) is 12.8 Å². The summed E-state index contributed by atoms with van der Waals surface area (Å²) in [5.41, 5.74) is 5.31. The Morgan fingerprint density at radius 3 is 1.88 bits per heavy atom. The molecule has 1 aliphatic heterocycles. The molecular formula is C38H68NO11P. The number of unbranched alkanes of at least 4 members (excludes halogenated alkanes) is 14. The van der Waals surface area contributed by atoms with E-state index in [1.54, 1.807) is 0 Å². The molecule has 1 rings (SSSR count). The van der Waals surface area contributed by atoms with Crippen molar-refractivity contribution < 1.29 is 52.2 Å². The maximum absolute atomic E-state index is 12.6. The Morgan fingerprint density at radius 2 is 1.25 bits per heavy atom. The Morgan fingerprint density at radius 1 is 0.706 bits per heavy atom. The molecule has 0 aliphatic carbocycles. The Hall–Kier alpha value is -2.08. The van der Waals surface area contributed by atoms with Crippen LogP contribution in [0.15, 0.2) is 24.3 Å². The minimum atomic E-state index is -4.72. The van der Waals surface area contributed by atoms with E-state index in [9.17, 15) is 23.8 Å². The summed E-state index contributed by atoms with van der Waals surface area (Å²) in [4.78, 5) is 45.8. The first kappa shape index (κ1) is 46.9. The number of esters is 2. The molecule has 1 aliphatic rings. The van der Waals surface area contributed by atoms with Crippen LogP contribution in [0.5, 0.6) is 0 Å². The molecule has 1 heterocycles. The van der Waals surface area contributed by atoms with Gasteiger partial charge in [-0.2, -0.15) is 0 Å². The number of phosphoric ester groups is 1. The molecule has 5 atom stereocenters. The zero-order valence-corrected chi connectivity index (χ0v) is 32.3. The second-order valence-corrected chi connectivity index (χ2v) is 14.9. The molecule has 4 N–H and O–H groups in total. The first-order chi connectivity index (χ1) is 24.6. The summed E-state index contributed by atoms with van der Waals surface area (Å²) in [6.45, 7) is 2.68. The van der Waals surface area contributed by atoms with E-state index in [1.807, 2.05) is 0 Å². The molecule has 0 aromatic heterocycles. The van der Waals surface area contributed by atoms with Crippen molar-refractivity contribution in [3.63, 3.8) is 0 Å². The monoisotopic (exact) mass is 745 g/mol. The summed E-state index contributed by atoms with van der Waals surface area (Å²) >= 11 is 0. The first-order valence-corrected chi connectivity index (χ1v) is 21.0. The zero-order valence-electron chi connectivity index (χ0n) is 31.4. The number of carbonyl (C=O) groups excluding carboxylic acids is 2. The van der Waals surface area contributed by atoms with Crippen molar-refractivity contribution in [3.05, 3.63) is 24.3 Å². The molecule has 296 valence electrons. The van der Waals surface area contributed by atoms with Gasteiger partial charge < -0.3 is 29.9 Å². The summed E-state index contributed by atoms with van der Waals surface area (Å²) in [5.74, 6) is -2.42. The third-order valence-corrected chi connectivity index (χ3v) is 9.55. The number of carboxylic acid groups (broad SMARTS) is 1. The molecule has 51 heavy (non-hydrogen) atoms. The summed E-state index contributed by atoms with van der Waals surface area (Å²) in [6.07, 6.45) is 29.9. The molecule has 0 spiro atoms. The number of aliphatic carboxylic acids is 1. The lowest BCUT2D eigenvalue weighted by Gasteiger charge is -2.20. The van der Waals surface area contributed by atoms with Crippen LogP contribution in [-0.4, -0.2) is 72.1 Å². The second-order valence-electron chi connectivity index (χ2n) is 13.4. The van der Waals surface area contributed by atoms with Gasteiger partial charge >= 0.3 is 25.7 Å². The van der Waals surface area contributed by atoms with Crippen LogP contribution >= 0.6 is 7.82 Å². The number of rotatable bonds is 35. The highest BCUT2D eigenvalue weighted by Crippen LogP contribution is 2.43. The molecule has 0 radical (unpaired) electrons. The van der Waals surface area contributed by atoms with Crippen LogP contribution in [0.4, 0.5) is 0 Å². The second kappa shape index (κ2) is 30.4. The lowest BCUT2D eigenvalue weighted by Crippen LogP contribution is -2.34. The van der Waals surface area contributed by atoms with E-state index < -0.39 is 51.1 Å². The van der Waals surface area contributed by atoms with E-state index in [0.29, 0.717) is 25.0 Å². The third-order valence-electron chi connectivity index (χ3n) is 8.60. The fraction of sp³-hybridized carbons (Fsp3) is 0.816. The molecule has 1 saturated heterocycles. The number of hydrogen-bond donors (Lipinski definition) is 3. The van der Waals surface area contributed by atoms with Gasteiger partial charge in [-0.1, -0.05) is 109 Å². The number of carboxylic acids is 1. The Labute approximate surface area is 306 Å². The van der Waals surface area contributed by atoms with Crippen LogP contribution in [0.25, 0.3) is 0 Å². The molecule has 0 aromatic carbocycles. The van der Waals surface area contributed by atoms with Crippen molar-refractivity contribution in [2.75, 3.05) is 19.8 Å². The molecule has 0 aromatic rings. The topological polar surface area (TPSA) is 184 Å². The molecule has 0 saturated carbocycles. The van der Waals surface area contributed by atoms with E-state index in [4.69, 9.17) is 29.6 Å². The van der Waals surface area contributed by atoms with Gasteiger partial charge in [0.05, 0.1) is 25.4 Å². The number of nitrogens with two attached hydrogens (primary N) is 1. The van der Waals surface area contributed by atoms with Crippen molar-refractivity contribution in [1.29, 1.82) is 0 Å². The predicted octanol–water partition coefficient (Wildman–Crippen LogP) is 8.49. The third kappa shape index (κ3) is 28.1. The predicted molar refractivity (Wildman–Crippen MR) is 198 cm³/mol. The van der Waals surface area contributed by atoms with Gasteiger partial charge in [0.2, 0.25) is 0 Å². The van der Waals surface area contributed by atoms with Crippen molar-refractivity contribution in [2.45, 2.75) is 179 Å². The molecular weight excluding hydrogens is 677 g/mol. The first-order valence-electron chi connectivity index (χ1n) is 19.5. The number of ether oxygens (including phenoxy) is 3. The quantitative estimate of drug-likeness (QED) is 0.0185. The number of hydrogen-bond acceptors (Lipinski definition) is 10. The van der Waals surface area contributed by atoms with Crippen molar-refractivity contribution in [3.8, 4) is 0 Å². The smallest absolute Gasteiger partial charge is 0.472 e. The van der Waals surface area contributed by atoms with E-state index in [1.165, 1.54) is 38.5 Å². The summed E-state index contributed by atoms with van der Waals surface area (Å²) in [5, 5.41) is 8.86. The van der Waals surface area contributed by atoms with Gasteiger partial charge in [-0.3, -0.25) is 23.4 Å². The van der Waals surface area contributed by atoms with Crippen LogP contribution < -0.4 is 5.73 Å². The van der Waals surface area contributed by atoms with Gasteiger partial charge in [-0.15, -0.1) is 0 Å². The lowest BCUT2D eigenvalue weighted by atomic mass is 10.1. The average Bonchev–Trinajstić information content (AvgIpc) is 3.85. The fourth-order valence-electron chi connectivity index (χ4n) is 5.34. The Kier molecular flexibility index (Phi) is 28.0. The summed E-state index contributed by atoms with van der Waals surface area (Å²) in [6, 6.07) is -1.53. The van der Waals surface area contributed by atoms with Gasteiger partial charge in [0.1, 0.15) is 12.6 Å². The lowest BCUT2D eigenvalue weighted by molar-refractivity contribution is -0.161. The standard InChI is InChI=1S/C38H68NO11P/c1-3-5-7-8-9-10-11-12-16-19-23-27-36(40)46-29-32(30-47-51(44,45)48-31-33(39)38(42)43)49-37(41)28-24-20-17-14-13-15-18-22-26-35-34(50-35)25-21-6-4-2/h8-9,18,22,32-35H,3-7,10-17,19-21,23-31,39H2,1-2H3,(H,42,43)(H,44,45)/b9-8-,22-18-/t32-,33+,34?,35?/m1/s1. The molecule has 0 amide bonds. The van der Waals surface area contributed by atoms with Crippen LogP contribution in [0, 0.1) is 0 Å². The van der Waals surface area contributed by atoms with Gasteiger partial charge in [0.15, 0.2) is 6.10 Å². The summed E-state index contributed by atoms with van der Waals surface area (Å²) in [7, 11) is -4.72. The largest absolute Gasteiger partial charge is 0.480 e. The van der Waals surface area contributed by atoms with E-state index in [-0.39, 0.29) is 19.4 Å². The molecule has 1 fully saturated rings. The van der Waals surface area contributed by atoms with Crippen LogP contribution in [0.2, 0.25) is 0 Å². The number of phosphoric acid groups is 1. The minimum Gasteiger partial charge on any atom is -0.480 e. The summed E-state index contributed by atoms with van der Waals surface area (Å²) < 4.78 is 38.3. The van der Waals surface area contributed by atoms with Crippen LogP contribution in [0.1, 0.15) is 155 Å². The van der Waals surface area contributed by atoms with E-state index in [0.717, 1.165) is 77.0 Å². The number of carbonyl (C=O) groups is 3.